The molecule has 2 atom stereocenters. The molecule has 1 aliphatic rings. The lowest BCUT2D eigenvalue weighted by molar-refractivity contribution is -0.147. The van der Waals surface area contributed by atoms with Crippen molar-refractivity contribution in [2.24, 2.45) is 11.8 Å². The van der Waals surface area contributed by atoms with Gasteiger partial charge < -0.3 is 4.74 Å². The minimum atomic E-state index is -0.314. The van der Waals surface area contributed by atoms with Crippen LogP contribution in [0, 0.1) is 11.8 Å². The molecule has 1 aliphatic heterocycles. The molecule has 0 radical (unpaired) electrons. The van der Waals surface area contributed by atoms with E-state index in [1.807, 2.05) is 12.1 Å². The molecule has 0 saturated carbocycles. The normalized spacial score (nSPS) is 21.1. The van der Waals surface area contributed by atoms with Crippen LogP contribution in [-0.4, -0.2) is 36.1 Å². The first-order valence-electron chi connectivity index (χ1n) is 7.33. The number of methoxy groups -OCH3 is 1. The molecule has 1 saturated heterocycles. The SMILES string of the molecule is COC(=O)[C@H](c1cccnc1)N1CC[C@@H](CC(C)C)C1. The second kappa shape index (κ2) is 6.84. The smallest absolute Gasteiger partial charge is 0.327 e. The number of likely N-dealkylation sites (tertiary alicyclic amines) is 1. The molecule has 4 heteroatoms. The molecular formula is C16H24N2O2. The Hall–Kier alpha value is -1.42. The largest absolute Gasteiger partial charge is 0.468 e. The van der Waals surface area contributed by atoms with E-state index in [1.165, 1.54) is 13.5 Å². The molecule has 0 spiro atoms. The van der Waals surface area contributed by atoms with Crippen molar-refractivity contribution in [1.82, 2.24) is 9.88 Å². The van der Waals surface area contributed by atoms with Crippen LogP contribution < -0.4 is 0 Å². The number of rotatable bonds is 5. The van der Waals surface area contributed by atoms with Gasteiger partial charge in [0.1, 0.15) is 6.04 Å². The van der Waals surface area contributed by atoms with E-state index in [0.29, 0.717) is 11.8 Å². The molecule has 0 amide bonds. The number of nitrogens with zero attached hydrogens (tertiary/aromatic N) is 2. The Morgan fingerprint density at radius 1 is 1.55 bits per heavy atom. The van der Waals surface area contributed by atoms with Crippen LogP contribution >= 0.6 is 0 Å². The summed E-state index contributed by atoms with van der Waals surface area (Å²) < 4.78 is 4.99. The van der Waals surface area contributed by atoms with Crippen molar-refractivity contribution in [3.8, 4) is 0 Å². The van der Waals surface area contributed by atoms with E-state index in [0.717, 1.165) is 25.1 Å². The van der Waals surface area contributed by atoms with Crippen LogP contribution in [-0.2, 0) is 9.53 Å². The third-order valence-corrected chi connectivity index (χ3v) is 3.91. The van der Waals surface area contributed by atoms with Crippen LogP contribution in [0.4, 0.5) is 0 Å². The second-order valence-electron chi connectivity index (χ2n) is 5.99. The fourth-order valence-electron chi connectivity index (χ4n) is 3.10. The number of carbonyl (C=O) groups excluding carboxylic acids is 1. The quantitative estimate of drug-likeness (QED) is 0.775. The summed E-state index contributed by atoms with van der Waals surface area (Å²) in [5.41, 5.74) is 0.921. The fraction of sp³-hybridized carbons (Fsp3) is 0.625. The van der Waals surface area contributed by atoms with Gasteiger partial charge in [0, 0.05) is 18.9 Å². The molecule has 1 aromatic heterocycles. The first-order chi connectivity index (χ1) is 9.61. The number of esters is 1. The molecule has 0 bridgehead atoms. The first-order valence-corrected chi connectivity index (χ1v) is 7.33. The highest BCUT2D eigenvalue weighted by molar-refractivity contribution is 5.77. The first kappa shape index (κ1) is 15.0. The zero-order chi connectivity index (χ0) is 14.5. The van der Waals surface area contributed by atoms with Crippen LogP contribution in [0.25, 0.3) is 0 Å². The lowest BCUT2D eigenvalue weighted by atomic mass is 9.96. The highest BCUT2D eigenvalue weighted by atomic mass is 16.5. The van der Waals surface area contributed by atoms with E-state index in [-0.39, 0.29) is 12.0 Å². The molecule has 110 valence electrons. The molecule has 1 fully saturated rings. The van der Waals surface area contributed by atoms with Gasteiger partial charge in [-0.3, -0.25) is 9.88 Å². The van der Waals surface area contributed by atoms with Crippen molar-refractivity contribution in [3.05, 3.63) is 30.1 Å². The Bertz CT molecular complexity index is 433. The standard InChI is InChI=1S/C16H24N2O2/c1-12(2)9-13-6-8-18(11-13)15(16(19)20-3)14-5-4-7-17-10-14/h4-5,7,10,12-13,15H,6,8-9,11H2,1-3H3/t13-,15-/m0/s1. The average Bonchev–Trinajstić information content (AvgIpc) is 2.87. The summed E-state index contributed by atoms with van der Waals surface area (Å²) >= 11 is 0. The van der Waals surface area contributed by atoms with Crippen molar-refractivity contribution >= 4 is 5.97 Å². The summed E-state index contributed by atoms with van der Waals surface area (Å²) in [7, 11) is 1.45. The van der Waals surface area contributed by atoms with Gasteiger partial charge in [0.15, 0.2) is 0 Å². The fourth-order valence-corrected chi connectivity index (χ4v) is 3.10. The number of ether oxygens (including phenoxy) is 1. The van der Waals surface area contributed by atoms with E-state index < -0.39 is 0 Å². The number of hydrogen-bond acceptors (Lipinski definition) is 4. The molecule has 1 aromatic rings. The molecule has 20 heavy (non-hydrogen) atoms. The number of carbonyl (C=O) groups is 1. The van der Waals surface area contributed by atoms with Crippen LogP contribution in [0.3, 0.4) is 0 Å². The van der Waals surface area contributed by atoms with Gasteiger partial charge in [0.2, 0.25) is 0 Å². The zero-order valence-electron chi connectivity index (χ0n) is 12.6. The maximum Gasteiger partial charge on any atom is 0.327 e. The van der Waals surface area contributed by atoms with Gasteiger partial charge in [0.05, 0.1) is 7.11 Å². The maximum atomic E-state index is 12.1. The van der Waals surface area contributed by atoms with Gasteiger partial charge in [0.25, 0.3) is 0 Å². The summed E-state index contributed by atoms with van der Waals surface area (Å²) in [6, 6.07) is 3.50. The molecular weight excluding hydrogens is 252 g/mol. The van der Waals surface area contributed by atoms with Gasteiger partial charge in [-0.15, -0.1) is 0 Å². The Morgan fingerprint density at radius 2 is 2.35 bits per heavy atom. The number of pyridine rings is 1. The Balaban J connectivity index is 2.11. The van der Waals surface area contributed by atoms with Gasteiger partial charge in [-0.25, -0.2) is 4.79 Å². The van der Waals surface area contributed by atoms with Gasteiger partial charge in [-0.1, -0.05) is 19.9 Å². The zero-order valence-corrected chi connectivity index (χ0v) is 12.6. The Labute approximate surface area is 121 Å². The van der Waals surface area contributed by atoms with Gasteiger partial charge in [-0.05, 0) is 42.9 Å². The molecule has 2 heterocycles. The Morgan fingerprint density at radius 3 is 2.95 bits per heavy atom. The van der Waals surface area contributed by atoms with Crippen molar-refractivity contribution in [1.29, 1.82) is 0 Å². The number of hydrogen-bond donors (Lipinski definition) is 0. The third-order valence-electron chi connectivity index (χ3n) is 3.91. The van der Waals surface area contributed by atoms with Crippen LogP contribution in [0.1, 0.15) is 38.3 Å². The van der Waals surface area contributed by atoms with E-state index in [9.17, 15) is 4.79 Å². The van der Waals surface area contributed by atoms with Crippen LogP contribution in [0.2, 0.25) is 0 Å². The molecule has 4 nitrogen and oxygen atoms in total. The molecule has 0 aliphatic carbocycles. The summed E-state index contributed by atoms with van der Waals surface area (Å²) in [5, 5.41) is 0. The minimum Gasteiger partial charge on any atom is -0.468 e. The third kappa shape index (κ3) is 3.57. The highest BCUT2D eigenvalue weighted by Crippen LogP contribution is 2.31. The molecule has 0 N–H and O–H groups in total. The van der Waals surface area contributed by atoms with Crippen LogP contribution in [0.5, 0.6) is 0 Å². The van der Waals surface area contributed by atoms with E-state index in [2.05, 4.69) is 23.7 Å². The van der Waals surface area contributed by atoms with Gasteiger partial charge in [-0.2, -0.15) is 0 Å². The minimum absolute atomic E-state index is 0.191. The van der Waals surface area contributed by atoms with Crippen molar-refractivity contribution in [3.63, 3.8) is 0 Å². The maximum absolute atomic E-state index is 12.1. The predicted octanol–water partition coefficient (Wildman–Crippen LogP) is 2.66. The van der Waals surface area contributed by atoms with E-state index in [4.69, 9.17) is 4.74 Å². The van der Waals surface area contributed by atoms with Crippen LogP contribution in [0.15, 0.2) is 24.5 Å². The molecule has 2 rings (SSSR count). The van der Waals surface area contributed by atoms with Gasteiger partial charge >= 0.3 is 5.97 Å². The summed E-state index contributed by atoms with van der Waals surface area (Å²) in [6.07, 6.45) is 5.87. The van der Waals surface area contributed by atoms with Crippen molar-refractivity contribution in [2.75, 3.05) is 20.2 Å². The highest BCUT2D eigenvalue weighted by Gasteiger charge is 2.34. The van der Waals surface area contributed by atoms with E-state index in [1.54, 1.807) is 12.4 Å². The Kier molecular flexibility index (Phi) is 5.12. The predicted molar refractivity (Wildman–Crippen MR) is 78.1 cm³/mol. The monoisotopic (exact) mass is 276 g/mol. The summed E-state index contributed by atoms with van der Waals surface area (Å²) in [4.78, 5) is 18.5. The second-order valence-corrected chi connectivity index (χ2v) is 5.99. The van der Waals surface area contributed by atoms with Crippen molar-refractivity contribution in [2.45, 2.75) is 32.7 Å². The lowest BCUT2D eigenvalue weighted by Crippen LogP contribution is -2.33. The lowest BCUT2D eigenvalue weighted by Gasteiger charge is -2.26. The molecule has 0 unspecified atom stereocenters. The van der Waals surface area contributed by atoms with E-state index >= 15 is 0 Å². The summed E-state index contributed by atoms with van der Waals surface area (Å²) in [6.45, 7) is 6.42. The summed E-state index contributed by atoms with van der Waals surface area (Å²) in [5.74, 6) is 1.19. The molecule has 0 aromatic carbocycles. The topological polar surface area (TPSA) is 42.4 Å². The number of aromatic nitrogens is 1. The average molecular weight is 276 g/mol. The van der Waals surface area contributed by atoms with Crippen molar-refractivity contribution < 1.29 is 9.53 Å².